The first kappa shape index (κ1) is 11.2. The smallest absolute Gasteiger partial charge is 0.404 e. The highest BCUT2D eigenvalue weighted by Gasteiger charge is 2.05. The Morgan fingerprint density at radius 3 is 3.06 bits per heavy atom. The molecule has 2 rings (SSSR count). The van der Waals surface area contributed by atoms with Crippen LogP contribution in [0.4, 0.5) is 4.79 Å². The zero-order valence-electron chi connectivity index (χ0n) is 8.37. The van der Waals surface area contributed by atoms with Crippen LogP contribution in [0.15, 0.2) is 23.6 Å². The summed E-state index contributed by atoms with van der Waals surface area (Å²) in [5.41, 5.74) is 1.14. The van der Waals surface area contributed by atoms with Crippen LogP contribution in [-0.2, 0) is 6.42 Å². The Hall–Kier alpha value is -1.26. The van der Waals surface area contributed by atoms with E-state index < -0.39 is 6.09 Å². The van der Waals surface area contributed by atoms with Crippen LogP contribution in [0, 0.1) is 0 Å². The number of benzene rings is 1. The predicted molar refractivity (Wildman–Crippen MR) is 66.6 cm³/mol. The monoisotopic (exact) mass is 255 g/mol. The third-order valence-electron chi connectivity index (χ3n) is 2.29. The fraction of sp³-hybridized carbons (Fsp3) is 0.182. The van der Waals surface area contributed by atoms with Gasteiger partial charge in [-0.25, -0.2) is 4.79 Å². The molecular weight excluding hydrogens is 246 g/mol. The summed E-state index contributed by atoms with van der Waals surface area (Å²) in [6.07, 6.45) is -0.301. The molecule has 1 heterocycles. The number of hydrogen-bond donors (Lipinski definition) is 2. The van der Waals surface area contributed by atoms with Crippen LogP contribution in [0.3, 0.4) is 0 Å². The topological polar surface area (TPSA) is 49.3 Å². The molecule has 0 bridgehead atoms. The molecule has 1 amide bonds. The van der Waals surface area contributed by atoms with Gasteiger partial charge in [-0.1, -0.05) is 11.6 Å². The summed E-state index contributed by atoms with van der Waals surface area (Å²) in [6.45, 7) is 0.424. The van der Waals surface area contributed by atoms with Gasteiger partial charge >= 0.3 is 6.09 Å². The zero-order valence-corrected chi connectivity index (χ0v) is 9.94. The fourth-order valence-corrected chi connectivity index (χ4v) is 2.70. The standard InChI is InChI=1S/C11H10ClNO2S/c12-8-1-2-10-9(5-8)7(6-16-10)3-4-13-11(14)15/h1-2,5-6,13H,3-4H2,(H,14,15). The van der Waals surface area contributed by atoms with Gasteiger partial charge in [0.15, 0.2) is 0 Å². The van der Waals surface area contributed by atoms with Gasteiger partial charge in [0.25, 0.3) is 0 Å². The van der Waals surface area contributed by atoms with E-state index in [2.05, 4.69) is 5.32 Å². The second kappa shape index (κ2) is 4.72. The zero-order chi connectivity index (χ0) is 11.5. The van der Waals surface area contributed by atoms with Crippen LogP contribution in [0.1, 0.15) is 5.56 Å². The minimum Gasteiger partial charge on any atom is -0.465 e. The number of carboxylic acid groups (broad SMARTS) is 1. The van der Waals surface area contributed by atoms with Crippen molar-refractivity contribution < 1.29 is 9.90 Å². The Bertz CT molecular complexity index is 524. The maximum Gasteiger partial charge on any atom is 0.404 e. The summed E-state index contributed by atoms with van der Waals surface area (Å²) in [7, 11) is 0. The minimum atomic E-state index is -0.988. The maximum atomic E-state index is 10.3. The van der Waals surface area contributed by atoms with Gasteiger partial charge in [-0.3, -0.25) is 0 Å². The SMILES string of the molecule is O=C(O)NCCc1csc2ccc(Cl)cc12. The molecule has 84 valence electrons. The van der Waals surface area contributed by atoms with Crippen molar-refractivity contribution in [3.8, 4) is 0 Å². The summed E-state index contributed by atoms with van der Waals surface area (Å²) in [6, 6.07) is 5.76. The molecule has 16 heavy (non-hydrogen) atoms. The molecule has 5 heteroatoms. The summed E-state index contributed by atoms with van der Waals surface area (Å²) >= 11 is 7.57. The van der Waals surface area contributed by atoms with Gasteiger partial charge in [-0.2, -0.15) is 0 Å². The van der Waals surface area contributed by atoms with E-state index in [0.717, 1.165) is 10.9 Å². The van der Waals surface area contributed by atoms with E-state index in [1.807, 2.05) is 23.6 Å². The predicted octanol–water partition coefficient (Wildman–Crippen LogP) is 3.36. The first-order valence-corrected chi connectivity index (χ1v) is 6.05. The van der Waals surface area contributed by atoms with Gasteiger partial charge < -0.3 is 10.4 Å². The first-order valence-electron chi connectivity index (χ1n) is 4.79. The Balaban J connectivity index is 2.17. The number of thiophene rings is 1. The van der Waals surface area contributed by atoms with Crippen molar-refractivity contribution in [3.63, 3.8) is 0 Å². The Morgan fingerprint density at radius 1 is 1.50 bits per heavy atom. The van der Waals surface area contributed by atoms with E-state index in [9.17, 15) is 4.79 Å². The average Bonchev–Trinajstić information content (AvgIpc) is 2.60. The third-order valence-corrected chi connectivity index (χ3v) is 3.53. The Labute approximate surface area is 102 Å². The lowest BCUT2D eigenvalue weighted by atomic mass is 10.1. The molecule has 0 aliphatic heterocycles. The molecule has 1 aromatic heterocycles. The Kier molecular flexibility index (Phi) is 3.31. The number of fused-ring (bicyclic) bond motifs is 1. The number of hydrogen-bond acceptors (Lipinski definition) is 2. The third kappa shape index (κ3) is 2.46. The molecule has 0 saturated heterocycles. The molecule has 0 atom stereocenters. The molecule has 2 N–H and O–H groups in total. The van der Waals surface area contributed by atoms with Gasteiger partial charge in [0, 0.05) is 16.3 Å². The van der Waals surface area contributed by atoms with Crippen LogP contribution in [0.25, 0.3) is 10.1 Å². The molecule has 3 nitrogen and oxygen atoms in total. The van der Waals surface area contributed by atoms with Crippen molar-refractivity contribution >= 4 is 39.1 Å². The van der Waals surface area contributed by atoms with E-state index in [1.165, 1.54) is 4.70 Å². The van der Waals surface area contributed by atoms with E-state index in [-0.39, 0.29) is 0 Å². The molecule has 1 aromatic carbocycles. The fourth-order valence-electron chi connectivity index (χ4n) is 1.55. The number of amides is 1. The summed E-state index contributed by atoms with van der Waals surface area (Å²) in [5.74, 6) is 0. The van der Waals surface area contributed by atoms with Crippen LogP contribution in [0.2, 0.25) is 5.02 Å². The lowest BCUT2D eigenvalue weighted by Crippen LogP contribution is -2.23. The van der Waals surface area contributed by atoms with Crippen molar-refractivity contribution in [2.75, 3.05) is 6.54 Å². The molecular formula is C11H10ClNO2S. The van der Waals surface area contributed by atoms with Gasteiger partial charge in [-0.15, -0.1) is 11.3 Å². The largest absolute Gasteiger partial charge is 0.465 e. The maximum absolute atomic E-state index is 10.3. The number of rotatable bonds is 3. The van der Waals surface area contributed by atoms with Gasteiger partial charge in [-0.05, 0) is 40.9 Å². The quantitative estimate of drug-likeness (QED) is 0.884. The van der Waals surface area contributed by atoms with E-state index >= 15 is 0 Å². The van der Waals surface area contributed by atoms with Crippen LogP contribution >= 0.6 is 22.9 Å². The van der Waals surface area contributed by atoms with E-state index in [0.29, 0.717) is 18.0 Å². The van der Waals surface area contributed by atoms with E-state index in [1.54, 1.807) is 11.3 Å². The molecule has 0 aliphatic carbocycles. The van der Waals surface area contributed by atoms with E-state index in [4.69, 9.17) is 16.7 Å². The highest BCUT2D eigenvalue weighted by molar-refractivity contribution is 7.17. The van der Waals surface area contributed by atoms with Gasteiger partial charge in [0.2, 0.25) is 0 Å². The van der Waals surface area contributed by atoms with Crippen molar-refractivity contribution in [1.82, 2.24) is 5.32 Å². The number of halogens is 1. The van der Waals surface area contributed by atoms with Crippen molar-refractivity contribution in [2.24, 2.45) is 0 Å². The van der Waals surface area contributed by atoms with Gasteiger partial charge in [0.1, 0.15) is 0 Å². The summed E-state index contributed by atoms with van der Waals surface area (Å²) in [4.78, 5) is 10.3. The summed E-state index contributed by atoms with van der Waals surface area (Å²) < 4.78 is 1.18. The lowest BCUT2D eigenvalue weighted by Gasteiger charge is -2.00. The number of carbonyl (C=O) groups is 1. The van der Waals surface area contributed by atoms with Crippen molar-refractivity contribution in [3.05, 3.63) is 34.2 Å². The summed E-state index contributed by atoms with van der Waals surface area (Å²) in [5, 5.41) is 14.7. The van der Waals surface area contributed by atoms with Crippen LogP contribution in [-0.4, -0.2) is 17.7 Å². The molecule has 0 fully saturated rings. The van der Waals surface area contributed by atoms with Crippen molar-refractivity contribution in [1.29, 1.82) is 0 Å². The molecule has 0 saturated carbocycles. The second-order valence-corrected chi connectivity index (χ2v) is 4.73. The normalized spacial score (nSPS) is 10.6. The van der Waals surface area contributed by atoms with Crippen molar-refractivity contribution in [2.45, 2.75) is 6.42 Å². The Morgan fingerprint density at radius 2 is 2.31 bits per heavy atom. The highest BCUT2D eigenvalue weighted by Crippen LogP contribution is 2.28. The molecule has 0 aliphatic rings. The highest BCUT2D eigenvalue weighted by atomic mass is 35.5. The molecule has 0 radical (unpaired) electrons. The van der Waals surface area contributed by atoms with Crippen LogP contribution < -0.4 is 5.32 Å². The first-order chi connectivity index (χ1) is 7.66. The lowest BCUT2D eigenvalue weighted by molar-refractivity contribution is 0.194. The second-order valence-electron chi connectivity index (χ2n) is 3.38. The average molecular weight is 256 g/mol. The van der Waals surface area contributed by atoms with Crippen LogP contribution in [0.5, 0.6) is 0 Å². The molecule has 0 spiro atoms. The number of nitrogens with one attached hydrogen (secondary N) is 1. The molecule has 2 aromatic rings. The van der Waals surface area contributed by atoms with Gasteiger partial charge in [0.05, 0.1) is 0 Å². The minimum absolute atomic E-state index is 0.424. The molecule has 0 unspecified atom stereocenters.